The average Bonchev–Trinajstić information content (AvgIpc) is 2.62. The summed E-state index contributed by atoms with van der Waals surface area (Å²) in [5.41, 5.74) is 6.29. The molecule has 0 aromatic heterocycles. The molecule has 0 radical (unpaired) electrons. The van der Waals surface area contributed by atoms with Gasteiger partial charge in [-0.05, 0) is 60.3 Å². The third-order valence-electron chi connectivity index (χ3n) is 5.20. The van der Waals surface area contributed by atoms with E-state index < -0.39 is 6.67 Å². The molecule has 0 unspecified atom stereocenters. The van der Waals surface area contributed by atoms with Crippen LogP contribution in [0.25, 0.3) is 11.1 Å². The van der Waals surface area contributed by atoms with Crippen molar-refractivity contribution in [1.82, 2.24) is 4.90 Å². The summed E-state index contributed by atoms with van der Waals surface area (Å²) in [7, 11) is 3.90. The maximum Gasteiger partial charge on any atom is 0.127 e. The highest BCUT2D eigenvalue weighted by atomic mass is 19.1. The Bertz CT molecular complexity index is 774. The summed E-state index contributed by atoms with van der Waals surface area (Å²) in [6.45, 7) is 0.662. The monoisotopic (exact) mass is 327 g/mol. The van der Waals surface area contributed by atoms with Crippen molar-refractivity contribution in [2.45, 2.75) is 18.9 Å². The molecule has 24 heavy (non-hydrogen) atoms. The predicted octanol–water partition coefficient (Wildman–Crippen LogP) is 3.80. The van der Waals surface area contributed by atoms with E-state index in [-0.39, 0.29) is 6.61 Å². The van der Waals surface area contributed by atoms with E-state index in [2.05, 4.69) is 30.1 Å². The van der Waals surface area contributed by atoms with Crippen molar-refractivity contribution >= 4 is 0 Å². The lowest BCUT2D eigenvalue weighted by Gasteiger charge is -2.40. The van der Waals surface area contributed by atoms with Gasteiger partial charge in [-0.2, -0.15) is 0 Å². The van der Waals surface area contributed by atoms with Crippen molar-refractivity contribution in [1.29, 1.82) is 0 Å². The Balaban J connectivity index is 1.94. The van der Waals surface area contributed by atoms with Gasteiger partial charge in [0.15, 0.2) is 0 Å². The van der Waals surface area contributed by atoms with Crippen LogP contribution < -0.4 is 9.47 Å². The van der Waals surface area contributed by atoms with Gasteiger partial charge in [0.05, 0.1) is 7.11 Å². The first kappa shape index (κ1) is 15.5. The first-order chi connectivity index (χ1) is 11.7. The third kappa shape index (κ3) is 2.37. The summed E-state index contributed by atoms with van der Waals surface area (Å²) in [5, 5.41) is 0. The molecule has 1 heterocycles. The maximum atomic E-state index is 12.6. The van der Waals surface area contributed by atoms with Crippen LogP contribution in [0.15, 0.2) is 30.3 Å². The third-order valence-corrected chi connectivity index (χ3v) is 5.20. The smallest absolute Gasteiger partial charge is 0.127 e. The topological polar surface area (TPSA) is 21.7 Å². The number of benzene rings is 2. The van der Waals surface area contributed by atoms with Gasteiger partial charge >= 0.3 is 0 Å². The summed E-state index contributed by atoms with van der Waals surface area (Å²) >= 11 is 0. The van der Waals surface area contributed by atoms with Gasteiger partial charge in [-0.25, -0.2) is 4.39 Å². The van der Waals surface area contributed by atoms with Gasteiger partial charge in [-0.15, -0.1) is 0 Å². The molecule has 2 aliphatic rings. The summed E-state index contributed by atoms with van der Waals surface area (Å²) < 4.78 is 23.9. The number of rotatable bonds is 4. The summed E-state index contributed by atoms with van der Waals surface area (Å²) in [6.07, 6.45) is 1.99. The molecule has 1 aliphatic heterocycles. The fourth-order valence-electron chi connectivity index (χ4n) is 4.07. The van der Waals surface area contributed by atoms with E-state index in [4.69, 9.17) is 9.47 Å². The molecular formula is C20H22FNO2. The van der Waals surface area contributed by atoms with Gasteiger partial charge in [-0.1, -0.05) is 12.1 Å². The second kappa shape index (κ2) is 6.10. The van der Waals surface area contributed by atoms with Gasteiger partial charge in [0.25, 0.3) is 0 Å². The average molecular weight is 327 g/mol. The number of nitrogens with zero attached hydrogens (tertiary/aromatic N) is 1. The summed E-state index contributed by atoms with van der Waals surface area (Å²) in [4.78, 5) is 2.43. The zero-order chi connectivity index (χ0) is 16.7. The Morgan fingerprint density at radius 3 is 2.92 bits per heavy atom. The van der Waals surface area contributed by atoms with Crippen molar-refractivity contribution in [2.75, 3.05) is 34.0 Å². The van der Waals surface area contributed by atoms with Gasteiger partial charge in [0, 0.05) is 18.2 Å². The first-order valence-electron chi connectivity index (χ1n) is 8.45. The van der Waals surface area contributed by atoms with E-state index in [1.165, 1.54) is 22.3 Å². The number of likely N-dealkylation sites (N-methyl/N-ethyl adjacent to an activating group) is 1. The molecule has 3 nitrogen and oxygen atoms in total. The molecule has 4 rings (SSSR count). The quantitative estimate of drug-likeness (QED) is 0.853. The van der Waals surface area contributed by atoms with E-state index in [1.807, 2.05) is 12.1 Å². The lowest BCUT2D eigenvalue weighted by molar-refractivity contribution is 0.227. The van der Waals surface area contributed by atoms with Gasteiger partial charge in [0.2, 0.25) is 0 Å². The number of hydrogen-bond donors (Lipinski definition) is 0. The largest absolute Gasteiger partial charge is 0.497 e. The molecule has 126 valence electrons. The molecule has 0 bridgehead atoms. The fourth-order valence-corrected chi connectivity index (χ4v) is 4.07. The second-order valence-electron chi connectivity index (χ2n) is 6.53. The number of methoxy groups -OCH3 is 1. The van der Waals surface area contributed by atoms with Crippen molar-refractivity contribution in [3.05, 3.63) is 47.0 Å². The Hall–Kier alpha value is -2.07. The molecule has 1 aliphatic carbocycles. The standard InChI is InChI=1S/C20H22FNO2/c1-22-8-6-14-10-15(23-2)12-16-19(14)17(22)11-13-4-3-5-18(20(13)16)24-9-7-21/h3-5,10,12,17H,6-9,11H2,1-2H3/t17-/m1/s1. The van der Waals surface area contributed by atoms with Crippen LogP contribution in [-0.4, -0.2) is 38.9 Å². The van der Waals surface area contributed by atoms with E-state index in [0.29, 0.717) is 6.04 Å². The van der Waals surface area contributed by atoms with Crippen LogP contribution in [0.5, 0.6) is 11.5 Å². The minimum Gasteiger partial charge on any atom is -0.497 e. The SMILES string of the molecule is COc1cc2c3c(c1)-c1c(cccc1OCCF)C[C@H]3N(C)CC2. The predicted molar refractivity (Wildman–Crippen MR) is 92.7 cm³/mol. The van der Waals surface area contributed by atoms with E-state index in [9.17, 15) is 4.39 Å². The molecule has 2 aromatic rings. The van der Waals surface area contributed by atoms with Crippen molar-refractivity contribution < 1.29 is 13.9 Å². The number of alkyl halides is 1. The number of ether oxygens (including phenoxy) is 2. The molecular weight excluding hydrogens is 305 g/mol. The Labute approximate surface area is 142 Å². The van der Waals surface area contributed by atoms with Crippen LogP contribution in [-0.2, 0) is 12.8 Å². The van der Waals surface area contributed by atoms with Crippen molar-refractivity contribution in [2.24, 2.45) is 0 Å². The Morgan fingerprint density at radius 2 is 2.12 bits per heavy atom. The fraction of sp³-hybridized carbons (Fsp3) is 0.400. The molecule has 2 aromatic carbocycles. The number of fused-ring (bicyclic) bond motifs is 2. The van der Waals surface area contributed by atoms with Crippen molar-refractivity contribution in [3.8, 4) is 22.6 Å². The van der Waals surface area contributed by atoms with Crippen LogP contribution in [0.1, 0.15) is 22.7 Å². The molecule has 4 heteroatoms. The number of halogens is 1. The van der Waals surface area contributed by atoms with Crippen LogP contribution in [0.2, 0.25) is 0 Å². The molecule has 0 saturated carbocycles. The maximum absolute atomic E-state index is 12.6. The summed E-state index contributed by atoms with van der Waals surface area (Å²) in [5.74, 6) is 1.65. The molecule has 0 spiro atoms. The Kier molecular flexibility index (Phi) is 3.93. The van der Waals surface area contributed by atoms with Gasteiger partial charge < -0.3 is 9.47 Å². The molecule has 0 amide bonds. The van der Waals surface area contributed by atoms with Crippen LogP contribution in [0.4, 0.5) is 4.39 Å². The van der Waals surface area contributed by atoms with E-state index >= 15 is 0 Å². The van der Waals surface area contributed by atoms with E-state index in [1.54, 1.807) is 7.11 Å². The summed E-state index contributed by atoms with van der Waals surface area (Å²) in [6, 6.07) is 10.7. The number of hydrogen-bond acceptors (Lipinski definition) is 3. The lowest BCUT2D eigenvalue weighted by Crippen LogP contribution is -2.35. The van der Waals surface area contributed by atoms with Crippen LogP contribution in [0.3, 0.4) is 0 Å². The van der Waals surface area contributed by atoms with Crippen molar-refractivity contribution in [3.63, 3.8) is 0 Å². The lowest BCUT2D eigenvalue weighted by atomic mass is 9.77. The molecule has 0 fully saturated rings. The minimum absolute atomic E-state index is 0.0892. The van der Waals surface area contributed by atoms with Gasteiger partial charge in [0.1, 0.15) is 24.8 Å². The van der Waals surface area contributed by atoms with Gasteiger partial charge in [-0.3, -0.25) is 4.90 Å². The zero-order valence-corrected chi connectivity index (χ0v) is 14.1. The normalized spacial score (nSPS) is 18.7. The zero-order valence-electron chi connectivity index (χ0n) is 14.1. The van der Waals surface area contributed by atoms with Crippen LogP contribution in [0, 0.1) is 0 Å². The first-order valence-corrected chi connectivity index (χ1v) is 8.45. The molecule has 0 N–H and O–H groups in total. The highest BCUT2D eigenvalue weighted by molar-refractivity contribution is 5.81. The molecule has 1 atom stereocenters. The minimum atomic E-state index is -0.481. The molecule has 0 saturated heterocycles. The highest BCUT2D eigenvalue weighted by Crippen LogP contribution is 2.49. The second-order valence-corrected chi connectivity index (χ2v) is 6.53. The highest BCUT2D eigenvalue weighted by Gasteiger charge is 2.34. The van der Waals surface area contributed by atoms with E-state index in [0.717, 1.165) is 36.4 Å². The van der Waals surface area contributed by atoms with Crippen LogP contribution >= 0.6 is 0 Å². The Morgan fingerprint density at radius 1 is 1.25 bits per heavy atom.